The van der Waals surface area contributed by atoms with Crippen LogP contribution in [0.1, 0.15) is 37.7 Å². The van der Waals surface area contributed by atoms with E-state index in [0.29, 0.717) is 18.7 Å². The number of rotatable bonds is 1. The number of nitrogens with zero attached hydrogens (tertiary/aromatic N) is 2. The summed E-state index contributed by atoms with van der Waals surface area (Å²) in [4.78, 5) is 26.3. The van der Waals surface area contributed by atoms with Gasteiger partial charge in [0.15, 0.2) is 0 Å². The molecule has 2 amide bonds. The number of nitrogens with one attached hydrogen (secondary N) is 1. The highest BCUT2D eigenvalue weighted by molar-refractivity contribution is 5.92. The fourth-order valence-corrected chi connectivity index (χ4v) is 3.58. The summed E-state index contributed by atoms with van der Waals surface area (Å²) >= 11 is 0. The smallest absolute Gasteiger partial charge is 0.320 e. The van der Waals surface area contributed by atoms with Gasteiger partial charge in [0.2, 0.25) is 0 Å². The van der Waals surface area contributed by atoms with Crippen molar-refractivity contribution in [3.63, 3.8) is 0 Å². The van der Waals surface area contributed by atoms with Gasteiger partial charge in [0.1, 0.15) is 17.7 Å². The number of fused-ring (bicyclic) bond motifs is 1. The maximum atomic E-state index is 13.3. The fourth-order valence-electron chi connectivity index (χ4n) is 3.58. The average Bonchev–Trinajstić information content (AvgIpc) is 2.57. The number of nitriles is 1. The van der Waals surface area contributed by atoms with Crippen molar-refractivity contribution in [3.8, 4) is 6.07 Å². The first-order chi connectivity index (χ1) is 11.1. The maximum absolute atomic E-state index is 13.3. The van der Waals surface area contributed by atoms with Gasteiger partial charge in [0.05, 0.1) is 5.56 Å². The molecular formula is C17H18FN3O2. The minimum Gasteiger partial charge on any atom is -0.320 e. The summed E-state index contributed by atoms with van der Waals surface area (Å²) in [6.07, 6.45) is 4.14. The third-order valence-corrected chi connectivity index (χ3v) is 4.74. The SMILES string of the molecule is N#Cc1cc(NC(=O)N2CCC(=O)C3CCCCC32)ccc1F. The zero-order valence-corrected chi connectivity index (χ0v) is 12.7. The van der Waals surface area contributed by atoms with E-state index in [1.54, 1.807) is 11.0 Å². The van der Waals surface area contributed by atoms with E-state index >= 15 is 0 Å². The molecule has 0 spiro atoms. The van der Waals surface area contributed by atoms with Crippen molar-refractivity contribution in [1.29, 1.82) is 5.26 Å². The van der Waals surface area contributed by atoms with Crippen LogP contribution in [0.25, 0.3) is 0 Å². The highest BCUT2D eigenvalue weighted by Crippen LogP contribution is 2.33. The lowest BCUT2D eigenvalue weighted by molar-refractivity contribution is -0.129. The van der Waals surface area contributed by atoms with Crippen LogP contribution in [0.5, 0.6) is 0 Å². The Kier molecular flexibility index (Phi) is 4.28. The van der Waals surface area contributed by atoms with Crippen LogP contribution < -0.4 is 5.32 Å². The molecule has 2 fully saturated rings. The van der Waals surface area contributed by atoms with Crippen molar-refractivity contribution in [2.75, 3.05) is 11.9 Å². The molecular weight excluding hydrogens is 297 g/mol. The first-order valence-corrected chi connectivity index (χ1v) is 7.90. The van der Waals surface area contributed by atoms with Crippen LogP contribution in [0.2, 0.25) is 0 Å². The zero-order chi connectivity index (χ0) is 16.4. The molecule has 1 heterocycles. The molecule has 3 rings (SSSR count). The Labute approximate surface area is 134 Å². The monoisotopic (exact) mass is 315 g/mol. The number of ketones is 1. The topological polar surface area (TPSA) is 73.2 Å². The van der Waals surface area contributed by atoms with Gasteiger partial charge in [-0.25, -0.2) is 9.18 Å². The number of hydrogen-bond acceptors (Lipinski definition) is 3. The number of amides is 2. The minimum absolute atomic E-state index is 0.0408. The van der Waals surface area contributed by atoms with Gasteiger partial charge in [-0.3, -0.25) is 4.79 Å². The maximum Gasteiger partial charge on any atom is 0.322 e. The van der Waals surface area contributed by atoms with Gasteiger partial charge in [-0.15, -0.1) is 0 Å². The minimum atomic E-state index is -0.610. The molecule has 0 radical (unpaired) electrons. The third kappa shape index (κ3) is 3.04. The Morgan fingerprint density at radius 3 is 2.91 bits per heavy atom. The van der Waals surface area contributed by atoms with Crippen molar-refractivity contribution in [3.05, 3.63) is 29.6 Å². The number of piperidine rings is 1. The number of hydrogen-bond donors (Lipinski definition) is 1. The Bertz CT molecular complexity index is 683. The molecule has 1 aliphatic heterocycles. The Morgan fingerprint density at radius 1 is 1.35 bits per heavy atom. The molecule has 0 aromatic heterocycles. The molecule has 0 bridgehead atoms. The van der Waals surface area contributed by atoms with Crippen molar-refractivity contribution in [1.82, 2.24) is 4.90 Å². The van der Waals surface area contributed by atoms with E-state index < -0.39 is 5.82 Å². The average molecular weight is 315 g/mol. The van der Waals surface area contributed by atoms with Gasteiger partial charge in [0.25, 0.3) is 0 Å². The summed E-state index contributed by atoms with van der Waals surface area (Å²) in [6.45, 7) is 0.415. The Balaban J connectivity index is 1.75. The molecule has 1 aromatic carbocycles. The highest BCUT2D eigenvalue weighted by Gasteiger charge is 2.40. The van der Waals surface area contributed by atoms with Gasteiger partial charge >= 0.3 is 6.03 Å². The van der Waals surface area contributed by atoms with Crippen LogP contribution in [-0.2, 0) is 4.79 Å². The largest absolute Gasteiger partial charge is 0.322 e. The summed E-state index contributed by atoms with van der Waals surface area (Å²) in [5, 5.41) is 11.6. The molecule has 23 heavy (non-hydrogen) atoms. The molecule has 1 saturated carbocycles. The number of Topliss-reactive ketones (excluding diaryl/α,β-unsaturated/α-hetero) is 1. The van der Waals surface area contributed by atoms with Crippen molar-refractivity contribution < 1.29 is 14.0 Å². The second-order valence-corrected chi connectivity index (χ2v) is 6.10. The molecule has 1 saturated heterocycles. The quantitative estimate of drug-likeness (QED) is 0.865. The molecule has 1 N–H and O–H groups in total. The molecule has 2 unspecified atom stereocenters. The van der Waals surface area contributed by atoms with Crippen LogP contribution in [0, 0.1) is 23.1 Å². The second kappa shape index (κ2) is 6.37. The van der Waals surface area contributed by atoms with Crippen molar-refractivity contribution >= 4 is 17.5 Å². The summed E-state index contributed by atoms with van der Waals surface area (Å²) in [6, 6.07) is 5.34. The van der Waals surface area contributed by atoms with Crippen LogP contribution in [0.15, 0.2) is 18.2 Å². The van der Waals surface area contributed by atoms with E-state index in [1.807, 2.05) is 0 Å². The van der Waals surface area contributed by atoms with Gasteiger partial charge in [-0.2, -0.15) is 5.26 Å². The van der Waals surface area contributed by atoms with Gasteiger partial charge < -0.3 is 10.2 Å². The number of urea groups is 1. The first kappa shape index (κ1) is 15.5. The zero-order valence-electron chi connectivity index (χ0n) is 12.7. The third-order valence-electron chi connectivity index (χ3n) is 4.74. The van der Waals surface area contributed by atoms with E-state index in [0.717, 1.165) is 31.7 Å². The molecule has 2 atom stereocenters. The first-order valence-electron chi connectivity index (χ1n) is 7.90. The molecule has 1 aliphatic carbocycles. The van der Waals surface area contributed by atoms with Gasteiger partial charge in [-0.1, -0.05) is 12.8 Å². The number of carbonyl (C=O) groups excluding carboxylic acids is 2. The Morgan fingerprint density at radius 2 is 2.13 bits per heavy atom. The molecule has 6 heteroatoms. The van der Waals surface area contributed by atoms with Crippen molar-refractivity contribution in [2.24, 2.45) is 5.92 Å². The predicted molar refractivity (Wildman–Crippen MR) is 82.2 cm³/mol. The van der Waals surface area contributed by atoms with Crippen LogP contribution >= 0.6 is 0 Å². The van der Waals surface area contributed by atoms with Crippen LogP contribution in [0.4, 0.5) is 14.9 Å². The van der Waals surface area contributed by atoms with Gasteiger partial charge in [0, 0.05) is 30.6 Å². The predicted octanol–water partition coefficient (Wildman–Crippen LogP) is 3.06. The summed E-state index contributed by atoms with van der Waals surface area (Å²) < 4.78 is 13.3. The number of benzene rings is 1. The van der Waals surface area contributed by atoms with Crippen molar-refractivity contribution in [2.45, 2.75) is 38.1 Å². The molecule has 1 aromatic rings. The normalized spacial score (nSPS) is 23.8. The molecule has 120 valence electrons. The van der Waals surface area contributed by atoms with E-state index in [4.69, 9.17) is 5.26 Å². The lowest BCUT2D eigenvalue weighted by Crippen LogP contribution is -2.54. The summed E-state index contributed by atoms with van der Waals surface area (Å²) in [7, 11) is 0. The van der Waals surface area contributed by atoms with E-state index in [9.17, 15) is 14.0 Å². The lowest BCUT2D eigenvalue weighted by Gasteiger charge is -2.42. The van der Waals surface area contributed by atoms with E-state index in [-0.39, 0.29) is 29.3 Å². The van der Waals surface area contributed by atoms with Gasteiger partial charge in [-0.05, 0) is 31.0 Å². The summed E-state index contributed by atoms with van der Waals surface area (Å²) in [5.74, 6) is -0.403. The number of likely N-dealkylation sites (tertiary alicyclic amines) is 1. The molecule has 2 aliphatic rings. The summed E-state index contributed by atoms with van der Waals surface area (Å²) in [5.41, 5.74) is 0.282. The van der Waals surface area contributed by atoms with Crippen LogP contribution in [0.3, 0.4) is 0 Å². The van der Waals surface area contributed by atoms with E-state index in [1.165, 1.54) is 12.1 Å². The molecule has 5 nitrogen and oxygen atoms in total. The number of carbonyl (C=O) groups is 2. The van der Waals surface area contributed by atoms with Crippen LogP contribution in [-0.4, -0.2) is 29.3 Å². The number of anilines is 1. The number of halogens is 1. The lowest BCUT2D eigenvalue weighted by atomic mass is 9.77. The van der Waals surface area contributed by atoms with E-state index in [2.05, 4.69) is 5.32 Å². The second-order valence-electron chi connectivity index (χ2n) is 6.10. The highest BCUT2D eigenvalue weighted by atomic mass is 19.1. The Hall–Kier alpha value is -2.42. The fraction of sp³-hybridized carbons (Fsp3) is 0.471. The standard InChI is InChI=1S/C17H18FN3O2/c18-14-6-5-12(9-11(14)10-19)20-17(23)21-8-7-16(22)13-3-1-2-4-15(13)21/h5-6,9,13,15H,1-4,7-8H2,(H,20,23).